The maximum Gasteiger partial charge on any atom is 0.161 e. The summed E-state index contributed by atoms with van der Waals surface area (Å²) in [5.41, 5.74) is 3.36. The van der Waals surface area contributed by atoms with Gasteiger partial charge in [0.15, 0.2) is 5.82 Å². The lowest BCUT2D eigenvalue weighted by atomic mass is 10.1. The van der Waals surface area contributed by atoms with Crippen LogP contribution in [0.3, 0.4) is 0 Å². The Kier molecular flexibility index (Phi) is 3.38. The summed E-state index contributed by atoms with van der Waals surface area (Å²) in [6.07, 6.45) is 1.05. The minimum Gasteiger partial charge on any atom is -0.373 e. The van der Waals surface area contributed by atoms with Crippen LogP contribution in [0.4, 0.5) is 5.82 Å². The van der Waals surface area contributed by atoms with Crippen molar-refractivity contribution in [3.8, 4) is 11.4 Å². The van der Waals surface area contributed by atoms with E-state index in [-0.39, 0.29) is 0 Å². The summed E-state index contributed by atoms with van der Waals surface area (Å²) < 4.78 is 0. The molecule has 17 heavy (non-hydrogen) atoms. The fourth-order valence-corrected chi connectivity index (χ4v) is 1.72. The summed E-state index contributed by atoms with van der Waals surface area (Å²) in [4.78, 5) is 8.91. The van der Waals surface area contributed by atoms with Gasteiger partial charge in [0.1, 0.15) is 5.82 Å². The van der Waals surface area contributed by atoms with Gasteiger partial charge in [0.2, 0.25) is 0 Å². The van der Waals surface area contributed by atoms with E-state index in [1.807, 2.05) is 20.0 Å². The van der Waals surface area contributed by atoms with Crippen molar-refractivity contribution in [2.24, 2.45) is 0 Å². The third-order valence-electron chi connectivity index (χ3n) is 2.73. The van der Waals surface area contributed by atoms with Crippen LogP contribution in [0, 0.1) is 6.92 Å². The zero-order valence-electron chi connectivity index (χ0n) is 10.5. The first-order chi connectivity index (χ1) is 8.22. The van der Waals surface area contributed by atoms with Gasteiger partial charge in [-0.3, -0.25) is 0 Å². The second kappa shape index (κ2) is 4.95. The van der Waals surface area contributed by atoms with Gasteiger partial charge in [-0.1, -0.05) is 31.2 Å². The molecule has 0 fully saturated rings. The van der Waals surface area contributed by atoms with E-state index in [1.54, 1.807) is 0 Å². The van der Waals surface area contributed by atoms with Gasteiger partial charge in [0.05, 0.1) is 0 Å². The van der Waals surface area contributed by atoms with E-state index in [4.69, 9.17) is 0 Å². The van der Waals surface area contributed by atoms with Crippen molar-refractivity contribution >= 4 is 5.82 Å². The highest BCUT2D eigenvalue weighted by Crippen LogP contribution is 2.18. The van der Waals surface area contributed by atoms with E-state index in [9.17, 15) is 0 Å². The first kappa shape index (κ1) is 11.6. The largest absolute Gasteiger partial charge is 0.373 e. The first-order valence-corrected chi connectivity index (χ1v) is 5.85. The Morgan fingerprint density at radius 1 is 1.12 bits per heavy atom. The number of nitrogens with zero attached hydrogens (tertiary/aromatic N) is 2. The number of aryl methyl sites for hydroxylation is 2. The molecule has 1 aromatic carbocycles. The molecule has 0 aliphatic rings. The van der Waals surface area contributed by atoms with Gasteiger partial charge in [-0.15, -0.1) is 0 Å². The van der Waals surface area contributed by atoms with Crippen molar-refractivity contribution in [2.45, 2.75) is 20.3 Å². The molecule has 0 amide bonds. The first-order valence-electron chi connectivity index (χ1n) is 5.85. The minimum atomic E-state index is 0.775. The van der Waals surface area contributed by atoms with Gasteiger partial charge in [-0.2, -0.15) is 0 Å². The van der Waals surface area contributed by atoms with Crippen LogP contribution >= 0.6 is 0 Å². The predicted molar refractivity (Wildman–Crippen MR) is 71.1 cm³/mol. The fraction of sp³-hybridized carbons (Fsp3) is 0.286. The third kappa shape index (κ3) is 2.61. The second-order valence-corrected chi connectivity index (χ2v) is 4.02. The van der Waals surface area contributed by atoms with Gasteiger partial charge in [0.25, 0.3) is 0 Å². The SMILES string of the molecule is CCc1ccc(-c2nc(C)cc(NC)n2)cc1. The summed E-state index contributed by atoms with van der Waals surface area (Å²) in [5, 5.41) is 3.05. The third-order valence-corrected chi connectivity index (χ3v) is 2.73. The molecular formula is C14H17N3. The van der Waals surface area contributed by atoms with E-state index in [2.05, 4.69) is 46.5 Å². The molecule has 0 unspecified atom stereocenters. The average Bonchev–Trinajstić information content (AvgIpc) is 2.38. The molecule has 3 heteroatoms. The topological polar surface area (TPSA) is 37.8 Å². The molecule has 3 nitrogen and oxygen atoms in total. The van der Waals surface area contributed by atoms with Crippen LogP contribution in [0.25, 0.3) is 11.4 Å². The van der Waals surface area contributed by atoms with Crippen molar-refractivity contribution in [1.29, 1.82) is 0 Å². The molecule has 0 saturated heterocycles. The van der Waals surface area contributed by atoms with Gasteiger partial charge >= 0.3 is 0 Å². The Labute approximate surface area is 102 Å². The Morgan fingerprint density at radius 3 is 2.41 bits per heavy atom. The number of rotatable bonds is 3. The Balaban J connectivity index is 2.41. The summed E-state index contributed by atoms with van der Waals surface area (Å²) in [6, 6.07) is 10.3. The van der Waals surface area contributed by atoms with Crippen LogP contribution in [0.1, 0.15) is 18.2 Å². The zero-order chi connectivity index (χ0) is 12.3. The molecule has 1 aromatic heterocycles. The maximum atomic E-state index is 4.46. The smallest absolute Gasteiger partial charge is 0.161 e. The average molecular weight is 227 g/mol. The number of aromatic nitrogens is 2. The van der Waals surface area contributed by atoms with Crippen molar-refractivity contribution in [3.63, 3.8) is 0 Å². The lowest BCUT2D eigenvalue weighted by Gasteiger charge is -2.06. The van der Waals surface area contributed by atoms with Crippen LogP contribution < -0.4 is 5.32 Å². The van der Waals surface area contributed by atoms with Crippen molar-refractivity contribution in [3.05, 3.63) is 41.6 Å². The van der Waals surface area contributed by atoms with Gasteiger partial charge in [-0.25, -0.2) is 9.97 Å². The normalized spacial score (nSPS) is 10.3. The molecule has 0 aliphatic heterocycles. The maximum absolute atomic E-state index is 4.46. The molecule has 0 atom stereocenters. The molecule has 0 bridgehead atoms. The molecule has 1 N–H and O–H groups in total. The van der Waals surface area contributed by atoms with Crippen LogP contribution in [0.5, 0.6) is 0 Å². The molecular weight excluding hydrogens is 210 g/mol. The zero-order valence-corrected chi connectivity index (χ0v) is 10.5. The molecule has 0 radical (unpaired) electrons. The highest BCUT2D eigenvalue weighted by molar-refractivity contribution is 5.58. The molecule has 1 heterocycles. The van der Waals surface area contributed by atoms with Crippen LogP contribution in [-0.2, 0) is 6.42 Å². The van der Waals surface area contributed by atoms with E-state index >= 15 is 0 Å². The lowest BCUT2D eigenvalue weighted by Crippen LogP contribution is -1.98. The van der Waals surface area contributed by atoms with Crippen molar-refractivity contribution in [2.75, 3.05) is 12.4 Å². The molecule has 2 rings (SSSR count). The highest BCUT2D eigenvalue weighted by Gasteiger charge is 2.04. The van der Waals surface area contributed by atoms with E-state index in [0.717, 1.165) is 29.3 Å². The molecule has 2 aromatic rings. The van der Waals surface area contributed by atoms with E-state index < -0.39 is 0 Å². The summed E-state index contributed by atoms with van der Waals surface area (Å²) in [5.74, 6) is 1.63. The van der Waals surface area contributed by atoms with Crippen molar-refractivity contribution in [1.82, 2.24) is 9.97 Å². The van der Waals surface area contributed by atoms with Gasteiger partial charge in [-0.05, 0) is 18.9 Å². The molecule has 0 spiro atoms. The lowest BCUT2D eigenvalue weighted by molar-refractivity contribution is 1.10. The molecule has 0 aliphatic carbocycles. The van der Waals surface area contributed by atoms with Crippen molar-refractivity contribution < 1.29 is 0 Å². The van der Waals surface area contributed by atoms with Gasteiger partial charge in [0, 0.05) is 24.4 Å². The van der Waals surface area contributed by atoms with E-state index in [0.29, 0.717) is 0 Å². The second-order valence-electron chi connectivity index (χ2n) is 4.02. The standard InChI is InChI=1S/C14H17N3/c1-4-11-5-7-12(8-6-11)14-16-10(2)9-13(15-3)17-14/h5-9H,4H2,1-3H3,(H,15,16,17). The Hall–Kier alpha value is -1.90. The monoisotopic (exact) mass is 227 g/mol. The highest BCUT2D eigenvalue weighted by atomic mass is 15.0. The number of benzene rings is 1. The molecule has 0 saturated carbocycles. The predicted octanol–water partition coefficient (Wildman–Crippen LogP) is 3.06. The van der Waals surface area contributed by atoms with Crippen LogP contribution in [0.2, 0.25) is 0 Å². The number of nitrogens with one attached hydrogen (secondary N) is 1. The Morgan fingerprint density at radius 2 is 1.82 bits per heavy atom. The van der Waals surface area contributed by atoms with Crippen LogP contribution in [0.15, 0.2) is 30.3 Å². The van der Waals surface area contributed by atoms with Gasteiger partial charge < -0.3 is 5.32 Å². The van der Waals surface area contributed by atoms with Crippen LogP contribution in [-0.4, -0.2) is 17.0 Å². The van der Waals surface area contributed by atoms with E-state index in [1.165, 1.54) is 5.56 Å². The quantitative estimate of drug-likeness (QED) is 0.875. The molecule has 88 valence electrons. The number of anilines is 1. The summed E-state index contributed by atoms with van der Waals surface area (Å²) in [6.45, 7) is 4.13. The fourth-order valence-electron chi connectivity index (χ4n) is 1.72. The number of hydrogen-bond acceptors (Lipinski definition) is 3. The summed E-state index contributed by atoms with van der Waals surface area (Å²) in [7, 11) is 1.87. The minimum absolute atomic E-state index is 0.775. The number of hydrogen-bond donors (Lipinski definition) is 1. The Bertz CT molecular complexity index is 503. The summed E-state index contributed by atoms with van der Waals surface area (Å²) >= 11 is 0.